The van der Waals surface area contributed by atoms with E-state index in [2.05, 4.69) is 0 Å². The van der Waals surface area contributed by atoms with Gasteiger partial charge in [-0.05, 0) is 65.5 Å². The molecule has 0 amide bonds. The zero-order chi connectivity index (χ0) is 35.0. The molecular weight excluding hydrogens is 620 g/mol. The third-order valence-corrected chi connectivity index (χ3v) is 5.94. The summed E-state index contributed by atoms with van der Waals surface area (Å²) in [6.45, 7) is 10.4. The lowest BCUT2D eigenvalue weighted by Crippen LogP contribution is -2.35. The predicted octanol–water partition coefficient (Wildman–Crippen LogP) is 4.41. The monoisotopic (exact) mass is 666 g/mol. The highest BCUT2D eigenvalue weighted by Crippen LogP contribution is 2.16. The first kappa shape index (κ1) is 40.2. The summed E-state index contributed by atoms with van der Waals surface area (Å²) in [6, 6.07) is 18.4. The molecule has 0 saturated carbocycles. The van der Waals surface area contributed by atoms with E-state index in [1.54, 1.807) is 41.5 Å². The summed E-state index contributed by atoms with van der Waals surface area (Å²) < 4.78 is 47.7. The Balaban J connectivity index is 0.000000467. The Kier molecular flexibility index (Phi) is 16.6. The van der Waals surface area contributed by atoms with Crippen LogP contribution in [-0.2, 0) is 65.6 Å². The van der Waals surface area contributed by atoms with Gasteiger partial charge in [0.15, 0.2) is 12.2 Å². The van der Waals surface area contributed by atoms with E-state index >= 15 is 0 Å². The van der Waals surface area contributed by atoms with Crippen molar-refractivity contribution in [3.63, 3.8) is 0 Å². The summed E-state index contributed by atoms with van der Waals surface area (Å²) in [6.07, 6.45) is -2.25. The number of aliphatic hydroxyl groups excluding tert-OH is 1. The molecule has 0 heterocycles. The second-order valence-electron chi connectivity index (χ2n) is 12.2. The van der Waals surface area contributed by atoms with Gasteiger partial charge in [0.1, 0.15) is 24.4 Å². The summed E-state index contributed by atoms with van der Waals surface area (Å²) >= 11 is 0. The molecule has 2 rings (SSSR count). The predicted molar refractivity (Wildman–Crippen MR) is 168 cm³/mol. The van der Waals surface area contributed by atoms with Gasteiger partial charge in [-0.15, -0.1) is 0 Å². The molecule has 13 heteroatoms. The van der Waals surface area contributed by atoms with Crippen LogP contribution in [0.25, 0.3) is 0 Å². The van der Waals surface area contributed by atoms with Gasteiger partial charge in [-0.25, -0.2) is 9.59 Å². The van der Waals surface area contributed by atoms with Gasteiger partial charge in [0.05, 0.1) is 6.26 Å². The minimum atomic E-state index is -3.88. The second-order valence-corrected chi connectivity index (χ2v) is 13.8. The molecule has 0 aliphatic heterocycles. The molecule has 256 valence electrons. The van der Waals surface area contributed by atoms with Crippen LogP contribution in [0, 0.1) is 0 Å². The molecular formula is C33H46O12S. The van der Waals surface area contributed by atoms with Crippen LogP contribution in [0.4, 0.5) is 0 Å². The summed E-state index contributed by atoms with van der Waals surface area (Å²) in [7, 11) is -3.88. The highest BCUT2D eigenvalue weighted by Gasteiger charge is 2.30. The standard InChI is InChI=1S/C17H24O7S.C16H22O5/c1-17(2,3)23-16(19)14(24-25(4,20)21)10-11-15(18)22-12-13-8-6-5-7-9-13;1-16(2,3)21-15(19)13(17)9-10-14(18)20-11-12-7-5-4-6-8-12/h5-9,14H,10-12H2,1-4H3;4-8,13,17H,9-11H2,1-3H3/t14-;13-/m11/s1. The van der Waals surface area contributed by atoms with Crippen LogP contribution in [0.2, 0.25) is 0 Å². The summed E-state index contributed by atoms with van der Waals surface area (Å²) in [5.74, 6) is -2.58. The normalized spacial score (nSPS) is 12.9. The van der Waals surface area contributed by atoms with E-state index in [9.17, 15) is 32.7 Å². The van der Waals surface area contributed by atoms with Gasteiger partial charge < -0.3 is 24.1 Å². The Morgan fingerprint density at radius 3 is 1.46 bits per heavy atom. The molecule has 0 aliphatic rings. The Bertz CT molecular complexity index is 1340. The smallest absolute Gasteiger partial charge is 0.337 e. The Hall–Kier alpha value is -3.81. The number of benzene rings is 2. The molecule has 0 saturated heterocycles. The summed E-state index contributed by atoms with van der Waals surface area (Å²) in [4.78, 5) is 46.9. The van der Waals surface area contributed by atoms with Gasteiger partial charge in [0.25, 0.3) is 10.1 Å². The first-order valence-electron chi connectivity index (χ1n) is 14.7. The zero-order valence-electron chi connectivity index (χ0n) is 27.5. The molecule has 2 atom stereocenters. The molecule has 12 nitrogen and oxygen atoms in total. The fourth-order valence-electron chi connectivity index (χ4n) is 3.40. The van der Waals surface area contributed by atoms with Crippen LogP contribution in [0.5, 0.6) is 0 Å². The van der Waals surface area contributed by atoms with Crippen molar-refractivity contribution in [3.05, 3.63) is 71.8 Å². The Labute approximate surface area is 271 Å². The maximum atomic E-state index is 12.1. The van der Waals surface area contributed by atoms with Gasteiger partial charge in [-0.3, -0.25) is 13.8 Å². The molecule has 0 spiro atoms. The number of hydrogen-bond acceptors (Lipinski definition) is 12. The highest BCUT2D eigenvalue weighted by molar-refractivity contribution is 7.86. The van der Waals surface area contributed by atoms with Gasteiger partial charge in [-0.2, -0.15) is 8.42 Å². The molecule has 0 radical (unpaired) electrons. The van der Waals surface area contributed by atoms with Crippen LogP contribution in [-0.4, -0.2) is 67.1 Å². The molecule has 0 fully saturated rings. The average Bonchev–Trinajstić information content (AvgIpc) is 2.95. The Morgan fingerprint density at radius 2 is 1.07 bits per heavy atom. The number of rotatable bonds is 14. The van der Waals surface area contributed by atoms with Crippen molar-refractivity contribution in [2.24, 2.45) is 0 Å². The van der Waals surface area contributed by atoms with Crippen molar-refractivity contribution in [1.29, 1.82) is 0 Å². The van der Waals surface area contributed by atoms with Crippen molar-refractivity contribution in [1.82, 2.24) is 0 Å². The summed E-state index contributed by atoms with van der Waals surface area (Å²) in [5.41, 5.74) is 0.251. The van der Waals surface area contributed by atoms with Crippen LogP contribution < -0.4 is 0 Å². The van der Waals surface area contributed by atoms with Gasteiger partial charge in [-0.1, -0.05) is 60.7 Å². The lowest BCUT2D eigenvalue weighted by molar-refractivity contribution is -0.166. The van der Waals surface area contributed by atoms with E-state index in [1.807, 2.05) is 60.7 Å². The van der Waals surface area contributed by atoms with Gasteiger partial charge in [0, 0.05) is 12.8 Å². The topological polar surface area (TPSA) is 169 Å². The minimum Gasteiger partial charge on any atom is -0.461 e. The number of hydrogen-bond donors (Lipinski definition) is 1. The number of carbonyl (C=O) groups is 4. The van der Waals surface area contributed by atoms with Crippen LogP contribution >= 0.6 is 0 Å². The van der Waals surface area contributed by atoms with E-state index in [4.69, 9.17) is 23.1 Å². The van der Waals surface area contributed by atoms with Crippen LogP contribution in [0.3, 0.4) is 0 Å². The van der Waals surface area contributed by atoms with Crippen molar-refractivity contribution >= 4 is 34.0 Å². The molecule has 0 aromatic heterocycles. The maximum Gasteiger partial charge on any atom is 0.337 e. The number of carbonyl (C=O) groups excluding carboxylic acids is 4. The van der Waals surface area contributed by atoms with E-state index in [0.29, 0.717) is 0 Å². The van der Waals surface area contributed by atoms with E-state index in [-0.39, 0.29) is 38.9 Å². The Morgan fingerprint density at radius 1 is 0.674 bits per heavy atom. The van der Waals surface area contributed by atoms with E-state index in [0.717, 1.165) is 17.4 Å². The third kappa shape index (κ3) is 20.3. The van der Waals surface area contributed by atoms with Gasteiger partial charge in [0.2, 0.25) is 0 Å². The number of aliphatic hydroxyl groups is 1. The fourth-order valence-corrected chi connectivity index (χ4v) is 3.99. The van der Waals surface area contributed by atoms with Crippen molar-refractivity contribution in [3.8, 4) is 0 Å². The molecule has 0 unspecified atom stereocenters. The van der Waals surface area contributed by atoms with Crippen molar-refractivity contribution < 1.29 is 55.8 Å². The minimum absolute atomic E-state index is 0.0114. The number of ether oxygens (including phenoxy) is 4. The first-order valence-corrected chi connectivity index (χ1v) is 16.5. The van der Waals surface area contributed by atoms with Gasteiger partial charge >= 0.3 is 23.9 Å². The maximum absolute atomic E-state index is 12.1. The largest absolute Gasteiger partial charge is 0.461 e. The second kappa shape index (κ2) is 19.0. The fraction of sp³-hybridized carbons (Fsp3) is 0.515. The average molecular weight is 667 g/mol. The number of esters is 4. The zero-order valence-corrected chi connectivity index (χ0v) is 28.3. The quantitative estimate of drug-likeness (QED) is 0.172. The van der Waals surface area contributed by atoms with Crippen molar-refractivity contribution in [2.45, 2.75) is 104 Å². The van der Waals surface area contributed by atoms with Crippen LogP contribution in [0.1, 0.15) is 78.4 Å². The molecule has 2 aromatic rings. The molecule has 0 aliphatic carbocycles. The lowest BCUT2D eigenvalue weighted by atomic mass is 10.1. The summed E-state index contributed by atoms with van der Waals surface area (Å²) in [5, 5.41) is 9.63. The van der Waals surface area contributed by atoms with Crippen LogP contribution in [0.15, 0.2) is 60.7 Å². The molecule has 1 N–H and O–H groups in total. The molecule has 2 aromatic carbocycles. The van der Waals surface area contributed by atoms with E-state index < -0.39 is 57.4 Å². The third-order valence-electron chi connectivity index (χ3n) is 5.36. The van der Waals surface area contributed by atoms with Crippen molar-refractivity contribution in [2.75, 3.05) is 6.26 Å². The lowest BCUT2D eigenvalue weighted by Gasteiger charge is -2.23. The van der Waals surface area contributed by atoms with E-state index in [1.165, 1.54) is 0 Å². The first-order chi connectivity index (χ1) is 21.2. The molecule has 46 heavy (non-hydrogen) atoms. The highest BCUT2D eigenvalue weighted by atomic mass is 32.2. The SMILES string of the molecule is CC(C)(C)OC(=O)[C@@H](CCC(=O)OCc1ccccc1)OS(C)(=O)=O.CC(C)(C)OC(=O)[C@H](O)CCC(=O)OCc1ccccc1. The molecule has 0 bridgehead atoms.